The van der Waals surface area contributed by atoms with Crippen LogP contribution in [0, 0.1) is 11.7 Å². The number of halogens is 2. The summed E-state index contributed by atoms with van der Waals surface area (Å²) in [4.78, 5) is 35.9. The molecule has 0 aromatic heterocycles. The fourth-order valence-electron chi connectivity index (χ4n) is 3.78. The smallest absolute Gasteiger partial charge is 0.244 e. The van der Waals surface area contributed by atoms with Gasteiger partial charge in [0, 0.05) is 41.7 Å². The third-order valence-corrected chi connectivity index (χ3v) is 5.78. The van der Waals surface area contributed by atoms with Gasteiger partial charge in [0.1, 0.15) is 12.1 Å². The summed E-state index contributed by atoms with van der Waals surface area (Å²) in [5, 5.41) is 9.14. The minimum atomic E-state index is -0.515. The summed E-state index contributed by atoms with van der Waals surface area (Å²) < 4.78 is 14.0. The molecule has 0 aliphatic carbocycles. The van der Waals surface area contributed by atoms with Crippen LogP contribution in [0.4, 0.5) is 4.39 Å². The van der Waals surface area contributed by atoms with Gasteiger partial charge in [-0.25, -0.2) is 4.39 Å². The average molecular weight is 472 g/mol. The first kappa shape index (κ1) is 24.6. The third kappa shape index (κ3) is 7.80. The van der Waals surface area contributed by atoms with E-state index in [-0.39, 0.29) is 34.4 Å². The molecule has 33 heavy (non-hydrogen) atoms. The zero-order valence-corrected chi connectivity index (χ0v) is 18.9. The lowest BCUT2D eigenvalue weighted by molar-refractivity contribution is -0.123. The van der Waals surface area contributed by atoms with E-state index in [1.807, 2.05) is 30.3 Å². The van der Waals surface area contributed by atoms with Gasteiger partial charge in [0.2, 0.25) is 11.8 Å². The van der Waals surface area contributed by atoms with Crippen LogP contribution >= 0.6 is 11.6 Å². The summed E-state index contributed by atoms with van der Waals surface area (Å²) in [6, 6.07) is 13.1. The summed E-state index contributed by atoms with van der Waals surface area (Å²) in [5.74, 6) is -1.12. The molecule has 1 aliphatic heterocycles. The first-order chi connectivity index (χ1) is 15.9. The molecule has 1 heterocycles. The Morgan fingerprint density at radius 1 is 1.24 bits per heavy atom. The third-order valence-electron chi connectivity index (χ3n) is 5.54. The number of aldehydes is 1. The number of hydrogen-bond acceptors (Lipinski definition) is 4. The minimum Gasteiger partial charge on any atom is -0.356 e. The highest BCUT2D eigenvalue weighted by Gasteiger charge is 2.27. The summed E-state index contributed by atoms with van der Waals surface area (Å²) in [6.07, 6.45) is 5.12. The topological polar surface area (TPSA) is 87.3 Å². The van der Waals surface area contributed by atoms with Crippen molar-refractivity contribution in [3.05, 3.63) is 76.6 Å². The van der Waals surface area contributed by atoms with Crippen LogP contribution in [-0.4, -0.2) is 43.3 Å². The molecule has 3 atom stereocenters. The Hall–Kier alpha value is -3.03. The quantitative estimate of drug-likeness (QED) is 0.347. The van der Waals surface area contributed by atoms with E-state index in [9.17, 15) is 18.8 Å². The van der Waals surface area contributed by atoms with Crippen LogP contribution < -0.4 is 16.0 Å². The molecular weight excluding hydrogens is 445 g/mol. The molecule has 0 spiro atoms. The molecule has 3 N–H and O–H groups in total. The molecule has 174 valence electrons. The van der Waals surface area contributed by atoms with Gasteiger partial charge in [-0.15, -0.1) is 0 Å². The second kappa shape index (κ2) is 12.3. The number of carbonyl (C=O) groups is 3. The molecule has 2 aromatic rings. The number of carbonyl (C=O) groups excluding carboxylic acids is 3. The van der Waals surface area contributed by atoms with E-state index in [1.54, 1.807) is 6.07 Å². The van der Waals surface area contributed by atoms with Gasteiger partial charge in [0.05, 0.1) is 6.04 Å². The zero-order valence-electron chi connectivity index (χ0n) is 18.1. The number of benzene rings is 2. The normalized spacial score (nSPS) is 17.5. The second-order valence-corrected chi connectivity index (χ2v) is 8.49. The Bertz CT molecular complexity index is 1000. The fourth-order valence-corrected chi connectivity index (χ4v) is 3.94. The lowest BCUT2D eigenvalue weighted by atomic mass is 9.98. The Kier molecular flexibility index (Phi) is 9.15. The van der Waals surface area contributed by atoms with Crippen molar-refractivity contribution in [1.29, 1.82) is 0 Å². The van der Waals surface area contributed by atoms with Crippen molar-refractivity contribution in [2.45, 2.75) is 31.3 Å². The highest BCUT2D eigenvalue weighted by atomic mass is 35.5. The zero-order chi connectivity index (χ0) is 23.6. The number of hydrogen-bond donors (Lipinski definition) is 3. The maximum atomic E-state index is 14.0. The van der Waals surface area contributed by atoms with Crippen LogP contribution in [0.25, 0.3) is 6.08 Å². The van der Waals surface area contributed by atoms with Crippen LogP contribution in [0.2, 0.25) is 5.02 Å². The molecular formula is C25H27ClFN3O3. The van der Waals surface area contributed by atoms with Crippen molar-refractivity contribution in [1.82, 2.24) is 16.0 Å². The average Bonchev–Trinajstić information content (AvgIpc) is 3.20. The van der Waals surface area contributed by atoms with Gasteiger partial charge in [-0.3, -0.25) is 9.59 Å². The Morgan fingerprint density at radius 2 is 2.03 bits per heavy atom. The van der Waals surface area contributed by atoms with Crippen molar-refractivity contribution in [3.8, 4) is 0 Å². The van der Waals surface area contributed by atoms with Gasteiger partial charge in [0.15, 0.2) is 0 Å². The lowest BCUT2D eigenvalue weighted by Gasteiger charge is -2.22. The van der Waals surface area contributed by atoms with Crippen LogP contribution in [0.1, 0.15) is 24.0 Å². The molecule has 0 unspecified atom stereocenters. The Morgan fingerprint density at radius 3 is 2.70 bits per heavy atom. The van der Waals surface area contributed by atoms with Crippen LogP contribution in [0.15, 0.2) is 54.6 Å². The van der Waals surface area contributed by atoms with Gasteiger partial charge < -0.3 is 20.7 Å². The molecule has 0 bridgehead atoms. The molecule has 1 saturated heterocycles. The highest BCUT2D eigenvalue weighted by molar-refractivity contribution is 6.30. The van der Waals surface area contributed by atoms with E-state index < -0.39 is 11.9 Å². The maximum Gasteiger partial charge on any atom is 0.244 e. The van der Waals surface area contributed by atoms with Gasteiger partial charge in [-0.05, 0) is 43.0 Å². The maximum absolute atomic E-state index is 14.0. The van der Waals surface area contributed by atoms with E-state index in [1.165, 1.54) is 24.3 Å². The molecule has 1 aliphatic rings. The second-order valence-electron chi connectivity index (χ2n) is 8.06. The molecule has 2 aromatic carbocycles. The molecule has 0 saturated carbocycles. The standard InChI is InChI=1S/C25H27ClFN3O3/c26-20-8-6-18(23(27)14-20)7-9-24(32)30-21(12-17-4-2-1-3-5-17)15-29-22(16-31)13-19-10-11-28-25(19)33/h1-9,14,16,19,21-22,29H,10-13,15H2,(H,28,33)(H,30,32)/b9-7+/t19-,21+,22-/m0/s1. The van der Waals surface area contributed by atoms with E-state index in [0.29, 0.717) is 32.4 Å². The Labute approximate surface area is 197 Å². The number of nitrogens with one attached hydrogen (secondary N) is 3. The summed E-state index contributed by atoms with van der Waals surface area (Å²) in [7, 11) is 0. The van der Waals surface area contributed by atoms with Gasteiger partial charge in [-0.1, -0.05) is 48.0 Å². The molecule has 8 heteroatoms. The largest absolute Gasteiger partial charge is 0.356 e. The van der Waals surface area contributed by atoms with E-state index >= 15 is 0 Å². The molecule has 2 amide bonds. The number of rotatable bonds is 11. The van der Waals surface area contributed by atoms with E-state index in [4.69, 9.17) is 11.6 Å². The predicted octanol–water partition coefficient (Wildman–Crippen LogP) is 2.90. The van der Waals surface area contributed by atoms with Crippen LogP contribution in [-0.2, 0) is 20.8 Å². The van der Waals surface area contributed by atoms with E-state index in [0.717, 1.165) is 11.8 Å². The molecule has 0 radical (unpaired) electrons. The van der Waals surface area contributed by atoms with Crippen molar-refractivity contribution in [2.24, 2.45) is 5.92 Å². The lowest BCUT2D eigenvalue weighted by Crippen LogP contribution is -2.46. The van der Waals surface area contributed by atoms with Crippen LogP contribution in [0.3, 0.4) is 0 Å². The summed E-state index contributed by atoms with van der Waals surface area (Å²) >= 11 is 5.76. The van der Waals surface area contributed by atoms with Crippen LogP contribution in [0.5, 0.6) is 0 Å². The molecule has 3 rings (SSSR count). The SMILES string of the molecule is O=C[C@H](C[C@@H]1CCNC1=O)NC[C@@H](Cc1ccccc1)NC(=O)/C=C/c1ccc(Cl)cc1F. The number of amides is 2. The summed E-state index contributed by atoms with van der Waals surface area (Å²) in [6.45, 7) is 0.962. The van der Waals surface area contributed by atoms with Gasteiger partial charge in [0.25, 0.3) is 0 Å². The van der Waals surface area contributed by atoms with E-state index in [2.05, 4.69) is 16.0 Å². The summed E-state index contributed by atoms with van der Waals surface area (Å²) in [5.41, 5.74) is 1.28. The van der Waals surface area contributed by atoms with Gasteiger partial charge >= 0.3 is 0 Å². The van der Waals surface area contributed by atoms with Gasteiger partial charge in [-0.2, -0.15) is 0 Å². The Balaban J connectivity index is 1.62. The first-order valence-corrected chi connectivity index (χ1v) is 11.3. The van der Waals surface area contributed by atoms with Crippen molar-refractivity contribution in [3.63, 3.8) is 0 Å². The van der Waals surface area contributed by atoms with Crippen molar-refractivity contribution >= 4 is 35.8 Å². The first-order valence-electron chi connectivity index (χ1n) is 10.9. The minimum absolute atomic E-state index is 0.0302. The highest BCUT2D eigenvalue weighted by Crippen LogP contribution is 2.16. The monoisotopic (exact) mass is 471 g/mol. The molecule has 6 nitrogen and oxygen atoms in total. The predicted molar refractivity (Wildman–Crippen MR) is 126 cm³/mol. The fraction of sp³-hybridized carbons (Fsp3) is 0.320. The van der Waals surface area contributed by atoms with Crippen molar-refractivity contribution in [2.75, 3.05) is 13.1 Å². The van der Waals surface area contributed by atoms with Crippen molar-refractivity contribution < 1.29 is 18.8 Å². The molecule has 1 fully saturated rings.